The van der Waals surface area contributed by atoms with Gasteiger partial charge in [0.05, 0.1) is 5.69 Å². The van der Waals surface area contributed by atoms with Gasteiger partial charge in [-0.15, -0.1) is 0 Å². The van der Waals surface area contributed by atoms with Gasteiger partial charge < -0.3 is 9.88 Å². The van der Waals surface area contributed by atoms with Crippen molar-refractivity contribution in [3.8, 4) is 0 Å². The molecule has 0 amide bonds. The van der Waals surface area contributed by atoms with Gasteiger partial charge in [0.2, 0.25) is 5.95 Å². The van der Waals surface area contributed by atoms with Crippen LogP contribution in [0.2, 0.25) is 0 Å². The van der Waals surface area contributed by atoms with Gasteiger partial charge in [0.25, 0.3) is 0 Å². The number of hydrogen-bond acceptors (Lipinski definition) is 2. The summed E-state index contributed by atoms with van der Waals surface area (Å²) in [5.41, 5.74) is 1.06. The minimum Gasteiger partial charge on any atom is -0.353 e. The van der Waals surface area contributed by atoms with E-state index in [1.807, 2.05) is 24.7 Å². The smallest absolute Gasteiger partial charge is 0.203 e. The third-order valence-corrected chi connectivity index (χ3v) is 2.56. The van der Waals surface area contributed by atoms with Gasteiger partial charge in [-0.05, 0) is 19.3 Å². The van der Waals surface area contributed by atoms with Gasteiger partial charge in [0.1, 0.15) is 0 Å². The average molecular weight is 195 g/mol. The fraction of sp³-hybridized carbons (Fsp3) is 0.727. The van der Waals surface area contributed by atoms with Gasteiger partial charge in [0, 0.05) is 19.3 Å². The molecule has 1 heterocycles. The number of hydrogen-bond donors (Lipinski definition) is 1. The lowest BCUT2D eigenvalue weighted by molar-refractivity contribution is 0.506. The van der Waals surface area contributed by atoms with Crippen molar-refractivity contribution in [3.05, 3.63) is 11.9 Å². The summed E-state index contributed by atoms with van der Waals surface area (Å²) in [4.78, 5) is 4.43. The molecule has 0 aliphatic heterocycles. The summed E-state index contributed by atoms with van der Waals surface area (Å²) in [6, 6.07) is 0.510. The molecule has 0 aliphatic carbocycles. The summed E-state index contributed by atoms with van der Waals surface area (Å²) < 4.78 is 2.04. The predicted octanol–water partition coefficient (Wildman–Crippen LogP) is 2.58. The normalized spacial score (nSPS) is 13.3. The zero-order chi connectivity index (χ0) is 10.7. The molecule has 0 aliphatic rings. The highest BCUT2D eigenvalue weighted by molar-refractivity contribution is 5.29. The van der Waals surface area contributed by atoms with Crippen LogP contribution in [0.1, 0.15) is 32.9 Å². The number of aryl methyl sites for hydroxylation is 2. The maximum absolute atomic E-state index is 4.43. The molecule has 3 nitrogen and oxygen atoms in total. The number of rotatable bonds is 4. The summed E-state index contributed by atoms with van der Waals surface area (Å²) >= 11 is 0. The Kier molecular flexibility index (Phi) is 3.55. The first-order chi connectivity index (χ1) is 6.54. The molecule has 14 heavy (non-hydrogen) atoms. The zero-order valence-corrected chi connectivity index (χ0v) is 9.83. The van der Waals surface area contributed by atoms with Crippen molar-refractivity contribution in [3.63, 3.8) is 0 Å². The number of anilines is 1. The number of nitrogens with one attached hydrogen (secondary N) is 1. The summed E-state index contributed by atoms with van der Waals surface area (Å²) in [6.45, 7) is 8.68. The molecule has 0 saturated heterocycles. The van der Waals surface area contributed by atoms with E-state index in [1.54, 1.807) is 0 Å². The second-order valence-corrected chi connectivity index (χ2v) is 4.22. The molecule has 80 valence electrons. The van der Waals surface area contributed by atoms with E-state index < -0.39 is 0 Å². The highest BCUT2D eigenvalue weighted by Crippen LogP contribution is 2.13. The van der Waals surface area contributed by atoms with Crippen molar-refractivity contribution in [1.29, 1.82) is 0 Å². The van der Waals surface area contributed by atoms with Crippen molar-refractivity contribution in [1.82, 2.24) is 9.55 Å². The minimum absolute atomic E-state index is 0.510. The molecule has 1 N–H and O–H groups in total. The van der Waals surface area contributed by atoms with E-state index >= 15 is 0 Å². The molecule has 0 aromatic carbocycles. The van der Waals surface area contributed by atoms with Crippen molar-refractivity contribution in [2.45, 2.75) is 40.2 Å². The molecule has 1 unspecified atom stereocenters. The lowest BCUT2D eigenvalue weighted by atomic mass is 10.0. The quantitative estimate of drug-likeness (QED) is 0.800. The van der Waals surface area contributed by atoms with Crippen LogP contribution < -0.4 is 5.32 Å². The number of aromatic nitrogens is 2. The van der Waals surface area contributed by atoms with E-state index in [0.29, 0.717) is 12.0 Å². The molecule has 1 rings (SSSR count). The minimum atomic E-state index is 0.510. The molecular weight excluding hydrogens is 174 g/mol. The maximum atomic E-state index is 4.43. The highest BCUT2D eigenvalue weighted by atomic mass is 15.2. The zero-order valence-electron chi connectivity index (χ0n) is 9.83. The van der Waals surface area contributed by atoms with Crippen LogP contribution in [0.15, 0.2) is 6.20 Å². The number of nitrogens with zero attached hydrogens (tertiary/aromatic N) is 2. The van der Waals surface area contributed by atoms with Crippen LogP contribution in [0.5, 0.6) is 0 Å². The second kappa shape index (κ2) is 4.49. The fourth-order valence-electron chi connectivity index (χ4n) is 1.66. The molecular formula is C11H21N3. The Morgan fingerprint density at radius 2 is 2.14 bits per heavy atom. The topological polar surface area (TPSA) is 29.9 Å². The molecule has 3 heteroatoms. The van der Waals surface area contributed by atoms with Crippen LogP contribution >= 0.6 is 0 Å². The van der Waals surface area contributed by atoms with Crippen LogP contribution in [-0.4, -0.2) is 15.6 Å². The summed E-state index contributed by atoms with van der Waals surface area (Å²) in [7, 11) is 2.02. The Bertz CT molecular complexity index is 289. The van der Waals surface area contributed by atoms with Gasteiger partial charge in [-0.2, -0.15) is 0 Å². The maximum Gasteiger partial charge on any atom is 0.203 e. The Labute approximate surface area is 86.5 Å². The first-order valence-corrected chi connectivity index (χ1v) is 5.31. The lowest BCUT2D eigenvalue weighted by Crippen LogP contribution is -2.26. The molecule has 0 spiro atoms. The van der Waals surface area contributed by atoms with Crippen LogP contribution in [0.25, 0.3) is 0 Å². The first kappa shape index (κ1) is 11.1. The van der Waals surface area contributed by atoms with Crippen molar-refractivity contribution in [2.24, 2.45) is 13.0 Å². The summed E-state index contributed by atoms with van der Waals surface area (Å²) in [5.74, 6) is 1.61. The van der Waals surface area contributed by atoms with E-state index in [-0.39, 0.29) is 0 Å². The van der Waals surface area contributed by atoms with E-state index in [2.05, 4.69) is 31.1 Å². The van der Waals surface area contributed by atoms with Gasteiger partial charge in [0.15, 0.2) is 0 Å². The lowest BCUT2D eigenvalue weighted by Gasteiger charge is -2.21. The largest absolute Gasteiger partial charge is 0.353 e. The van der Waals surface area contributed by atoms with Crippen molar-refractivity contribution >= 4 is 5.95 Å². The molecule has 0 saturated carbocycles. The van der Waals surface area contributed by atoms with Crippen molar-refractivity contribution in [2.75, 3.05) is 5.32 Å². The first-order valence-electron chi connectivity index (χ1n) is 5.31. The van der Waals surface area contributed by atoms with Crippen LogP contribution in [-0.2, 0) is 7.05 Å². The predicted molar refractivity (Wildman–Crippen MR) is 60.5 cm³/mol. The Morgan fingerprint density at radius 3 is 2.50 bits per heavy atom. The van der Waals surface area contributed by atoms with E-state index in [0.717, 1.165) is 18.1 Å². The van der Waals surface area contributed by atoms with Crippen LogP contribution in [0.4, 0.5) is 5.95 Å². The molecule has 1 aromatic heterocycles. The average Bonchev–Trinajstić information content (AvgIpc) is 2.40. The van der Waals surface area contributed by atoms with Crippen LogP contribution in [0.3, 0.4) is 0 Å². The highest BCUT2D eigenvalue weighted by Gasteiger charge is 2.12. The summed E-state index contributed by atoms with van der Waals surface area (Å²) in [5, 5.41) is 3.47. The Hall–Kier alpha value is -0.990. The molecule has 0 fully saturated rings. The standard InChI is InChI=1S/C11H21N3/c1-6-10(8(2)3)13-11-12-9(4)7-14(11)5/h7-8,10H,6H2,1-5H3,(H,12,13). The molecule has 0 radical (unpaired) electrons. The third kappa shape index (κ3) is 2.50. The second-order valence-electron chi connectivity index (χ2n) is 4.22. The number of imidazole rings is 1. The fourth-order valence-corrected chi connectivity index (χ4v) is 1.66. The molecule has 1 aromatic rings. The van der Waals surface area contributed by atoms with Gasteiger partial charge in [-0.25, -0.2) is 4.98 Å². The monoisotopic (exact) mass is 195 g/mol. The SMILES string of the molecule is CCC(Nc1nc(C)cn1C)C(C)C. The van der Waals surface area contributed by atoms with Gasteiger partial charge in [-0.1, -0.05) is 20.8 Å². The third-order valence-electron chi connectivity index (χ3n) is 2.56. The Balaban J connectivity index is 2.71. The van der Waals surface area contributed by atoms with Crippen molar-refractivity contribution < 1.29 is 0 Å². The molecule has 1 atom stereocenters. The van der Waals surface area contributed by atoms with E-state index in [4.69, 9.17) is 0 Å². The molecule has 0 bridgehead atoms. The van der Waals surface area contributed by atoms with E-state index in [1.165, 1.54) is 0 Å². The van der Waals surface area contributed by atoms with Crippen LogP contribution in [0, 0.1) is 12.8 Å². The summed E-state index contributed by atoms with van der Waals surface area (Å²) in [6.07, 6.45) is 3.17. The van der Waals surface area contributed by atoms with Gasteiger partial charge >= 0.3 is 0 Å². The Morgan fingerprint density at radius 1 is 1.50 bits per heavy atom. The van der Waals surface area contributed by atoms with E-state index in [9.17, 15) is 0 Å². The van der Waals surface area contributed by atoms with Gasteiger partial charge in [-0.3, -0.25) is 0 Å².